The molecule has 80 valence electrons. The number of aliphatic carboxylic acids is 1. The fourth-order valence-electron chi connectivity index (χ4n) is 2.24. The summed E-state index contributed by atoms with van der Waals surface area (Å²) in [6.45, 7) is 5.95. The van der Waals surface area contributed by atoms with Crippen LogP contribution in [0.1, 0.15) is 45.4 Å². The average molecular weight is 196 g/mol. The molecule has 0 atom stereocenters. The Bertz CT molecular complexity index is 210. The van der Waals surface area contributed by atoms with Gasteiger partial charge < -0.3 is 5.11 Å². The van der Waals surface area contributed by atoms with Crippen molar-refractivity contribution in [2.75, 3.05) is 0 Å². The molecule has 14 heavy (non-hydrogen) atoms. The van der Waals surface area contributed by atoms with Crippen molar-refractivity contribution < 1.29 is 9.90 Å². The molecule has 1 aliphatic rings. The average Bonchev–Trinajstić information content (AvgIpc) is 2.10. The smallest absolute Gasteiger partial charge is 0.331 e. The molecule has 2 heteroatoms. The van der Waals surface area contributed by atoms with Crippen molar-refractivity contribution in [1.29, 1.82) is 0 Å². The molecule has 0 aromatic heterocycles. The molecule has 1 aliphatic carbocycles. The Labute approximate surface area is 86.0 Å². The van der Waals surface area contributed by atoms with Gasteiger partial charge >= 0.3 is 5.97 Å². The minimum atomic E-state index is -0.816. The summed E-state index contributed by atoms with van der Waals surface area (Å²) >= 11 is 0. The van der Waals surface area contributed by atoms with E-state index in [0.29, 0.717) is 5.57 Å². The third-order valence-electron chi connectivity index (χ3n) is 3.27. The molecular formula is C12H20O2. The summed E-state index contributed by atoms with van der Waals surface area (Å²) in [5.41, 5.74) is 0.416. The summed E-state index contributed by atoms with van der Waals surface area (Å²) in [4.78, 5) is 10.8. The first-order valence-corrected chi connectivity index (χ1v) is 5.53. The van der Waals surface area contributed by atoms with Crippen LogP contribution in [0, 0.1) is 11.8 Å². The number of hydrogen-bond acceptors (Lipinski definition) is 1. The molecular weight excluding hydrogens is 176 g/mol. The second-order valence-corrected chi connectivity index (χ2v) is 4.49. The molecule has 0 amide bonds. The van der Waals surface area contributed by atoms with Crippen LogP contribution in [0.5, 0.6) is 0 Å². The molecule has 0 saturated heterocycles. The van der Waals surface area contributed by atoms with Crippen LogP contribution in [0.2, 0.25) is 0 Å². The van der Waals surface area contributed by atoms with Crippen molar-refractivity contribution in [2.24, 2.45) is 11.8 Å². The van der Waals surface area contributed by atoms with Gasteiger partial charge in [-0.3, -0.25) is 0 Å². The van der Waals surface area contributed by atoms with Gasteiger partial charge in [0.25, 0.3) is 0 Å². The molecule has 1 rings (SSSR count). The molecule has 0 aromatic rings. The minimum Gasteiger partial charge on any atom is -0.478 e. The molecule has 0 radical (unpaired) electrons. The normalized spacial score (nSPS) is 28.9. The second-order valence-electron chi connectivity index (χ2n) is 4.49. The molecule has 1 saturated carbocycles. The van der Waals surface area contributed by atoms with Crippen LogP contribution in [0.3, 0.4) is 0 Å². The molecule has 2 nitrogen and oxygen atoms in total. The summed E-state index contributed by atoms with van der Waals surface area (Å²) in [5, 5.41) is 8.85. The monoisotopic (exact) mass is 196 g/mol. The number of hydrogen-bond donors (Lipinski definition) is 1. The van der Waals surface area contributed by atoms with E-state index in [9.17, 15) is 4.79 Å². The quantitative estimate of drug-likeness (QED) is 0.688. The molecule has 0 unspecified atom stereocenters. The van der Waals surface area contributed by atoms with Crippen molar-refractivity contribution in [1.82, 2.24) is 0 Å². The molecule has 0 heterocycles. The van der Waals surface area contributed by atoms with Crippen molar-refractivity contribution in [3.63, 3.8) is 0 Å². The van der Waals surface area contributed by atoms with Gasteiger partial charge in [0.1, 0.15) is 0 Å². The highest BCUT2D eigenvalue weighted by atomic mass is 16.4. The molecule has 0 bridgehead atoms. The Balaban J connectivity index is 2.46. The first kappa shape index (κ1) is 11.3. The summed E-state index contributed by atoms with van der Waals surface area (Å²) < 4.78 is 0. The SMILES string of the molecule is C=C(C(=O)O)C1CCCC(C)CCC1. The van der Waals surface area contributed by atoms with E-state index in [0.717, 1.165) is 31.6 Å². The number of carboxylic acid groups (broad SMARTS) is 1. The summed E-state index contributed by atoms with van der Waals surface area (Å²) in [6.07, 6.45) is 6.80. The van der Waals surface area contributed by atoms with E-state index in [1.807, 2.05) is 0 Å². The largest absolute Gasteiger partial charge is 0.478 e. The van der Waals surface area contributed by atoms with E-state index in [2.05, 4.69) is 13.5 Å². The number of carbonyl (C=O) groups is 1. The Morgan fingerprint density at radius 3 is 2.14 bits per heavy atom. The Morgan fingerprint density at radius 1 is 1.21 bits per heavy atom. The van der Waals surface area contributed by atoms with Crippen LogP contribution in [-0.4, -0.2) is 11.1 Å². The zero-order valence-corrected chi connectivity index (χ0v) is 8.96. The van der Waals surface area contributed by atoms with Gasteiger partial charge in [0.05, 0.1) is 0 Å². The maximum atomic E-state index is 10.8. The van der Waals surface area contributed by atoms with Gasteiger partial charge in [-0.15, -0.1) is 0 Å². The number of rotatable bonds is 2. The van der Waals surface area contributed by atoms with E-state index in [1.165, 1.54) is 12.8 Å². The molecule has 0 aromatic carbocycles. The van der Waals surface area contributed by atoms with E-state index in [1.54, 1.807) is 0 Å². The van der Waals surface area contributed by atoms with E-state index < -0.39 is 5.97 Å². The van der Waals surface area contributed by atoms with Crippen LogP contribution in [0.15, 0.2) is 12.2 Å². The van der Waals surface area contributed by atoms with Crippen LogP contribution in [0.4, 0.5) is 0 Å². The van der Waals surface area contributed by atoms with E-state index in [4.69, 9.17) is 5.11 Å². The fourth-order valence-corrected chi connectivity index (χ4v) is 2.24. The van der Waals surface area contributed by atoms with Crippen LogP contribution in [0.25, 0.3) is 0 Å². The lowest BCUT2D eigenvalue weighted by molar-refractivity contribution is -0.133. The van der Waals surface area contributed by atoms with Crippen molar-refractivity contribution in [2.45, 2.75) is 45.4 Å². The zero-order valence-electron chi connectivity index (χ0n) is 8.96. The topological polar surface area (TPSA) is 37.3 Å². The van der Waals surface area contributed by atoms with E-state index in [-0.39, 0.29) is 5.92 Å². The Hall–Kier alpha value is -0.790. The van der Waals surface area contributed by atoms with E-state index >= 15 is 0 Å². The molecule has 0 spiro atoms. The highest BCUT2D eigenvalue weighted by molar-refractivity contribution is 5.86. The highest BCUT2D eigenvalue weighted by Gasteiger charge is 2.20. The van der Waals surface area contributed by atoms with Gasteiger partial charge in [-0.25, -0.2) is 4.79 Å². The van der Waals surface area contributed by atoms with Gasteiger partial charge in [-0.1, -0.05) is 39.2 Å². The van der Waals surface area contributed by atoms with Gasteiger partial charge in [-0.2, -0.15) is 0 Å². The third-order valence-corrected chi connectivity index (χ3v) is 3.27. The van der Waals surface area contributed by atoms with Crippen LogP contribution >= 0.6 is 0 Å². The van der Waals surface area contributed by atoms with Gasteiger partial charge in [0.15, 0.2) is 0 Å². The van der Waals surface area contributed by atoms with Crippen molar-refractivity contribution in [3.05, 3.63) is 12.2 Å². The maximum Gasteiger partial charge on any atom is 0.331 e. The lowest BCUT2D eigenvalue weighted by Crippen LogP contribution is -2.14. The lowest BCUT2D eigenvalue weighted by Gasteiger charge is -2.22. The lowest BCUT2D eigenvalue weighted by atomic mass is 9.83. The third kappa shape index (κ3) is 3.17. The number of carboxylic acids is 1. The molecule has 1 fully saturated rings. The Kier molecular flexibility index (Phi) is 4.18. The second kappa shape index (κ2) is 5.18. The standard InChI is InChI=1S/C12H20O2/c1-9-5-3-7-11(8-4-6-9)10(2)12(13)14/h9,11H,2-8H2,1H3,(H,13,14). The minimum absolute atomic E-state index is 0.222. The van der Waals surface area contributed by atoms with Gasteiger partial charge in [-0.05, 0) is 24.7 Å². The van der Waals surface area contributed by atoms with Gasteiger partial charge in [0.2, 0.25) is 0 Å². The summed E-state index contributed by atoms with van der Waals surface area (Å²) in [7, 11) is 0. The predicted octanol–water partition coefficient (Wildman–Crippen LogP) is 3.23. The first-order chi connectivity index (χ1) is 6.61. The Morgan fingerprint density at radius 2 is 1.71 bits per heavy atom. The van der Waals surface area contributed by atoms with Crippen molar-refractivity contribution in [3.8, 4) is 0 Å². The highest BCUT2D eigenvalue weighted by Crippen LogP contribution is 2.29. The zero-order chi connectivity index (χ0) is 10.6. The maximum absolute atomic E-state index is 10.8. The molecule has 1 N–H and O–H groups in total. The van der Waals surface area contributed by atoms with Crippen molar-refractivity contribution >= 4 is 5.97 Å². The predicted molar refractivity (Wildman–Crippen MR) is 57.1 cm³/mol. The fraction of sp³-hybridized carbons (Fsp3) is 0.750. The molecule has 0 aliphatic heterocycles. The first-order valence-electron chi connectivity index (χ1n) is 5.53. The van der Waals surface area contributed by atoms with Crippen LogP contribution < -0.4 is 0 Å². The van der Waals surface area contributed by atoms with Gasteiger partial charge in [0, 0.05) is 5.57 Å². The summed E-state index contributed by atoms with van der Waals surface area (Å²) in [6, 6.07) is 0. The van der Waals surface area contributed by atoms with Crippen LogP contribution in [-0.2, 0) is 4.79 Å². The summed E-state index contributed by atoms with van der Waals surface area (Å²) in [5.74, 6) is 0.220.